The van der Waals surface area contributed by atoms with Crippen LogP contribution in [0.15, 0.2) is 17.0 Å². The van der Waals surface area contributed by atoms with Crippen molar-refractivity contribution in [3.8, 4) is 0 Å². The van der Waals surface area contributed by atoms with E-state index in [9.17, 15) is 8.42 Å². The number of nitrogens with two attached hydrogens (primary N) is 1. The molecule has 2 rings (SSSR count). The summed E-state index contributed by atoms with van der Waals surface area (Å²) in [4.78, 5) is 0.251. The Balaban J connectivity index is 2.50. The molecule has 1 aromatic carbocycles. The largest absolute Gasteiger partial charge is 0.324 e. The first kappa shape index (κ1) is 15.3. The van der Waals surface area contributed by atoms with Gasteiger partial charge in [-0.15, -0.1) is 0 Å². The lowest BCUT2D eigenvalue weighted by Crippen LogP contribution is -2.17. The summed E-state index contributed by atoms with van der Waals surface area (Å²) in [6, 6.07) is 3.38. The van der Waals surface area contributed by atoms with Gasteiger partial charge in [0.15, 0.2) is 0 Å². The van der Waals surface area contributed by atoms with E-state index < -0.39 is 10.0 Å². The van der Waals surface area contributed by atoms with Gasteiger partial charge in [-0.25, -0.2) is 8.42 Å². The average molecular weight is 309 g/mol. The zero-order chi connectivity index (χ0) is 15.8. The smallest absolute Gasteiger partial charge is 0.262 e. The molecule has 5 N–H and O–H groups in total. The number of hydrazine groups is 1. The Bertz CT molecular complexity index is 737. The van der Waals surface area contributed by atoms with E-state index in [4.69, 9.17) is 5.84 Å². The molecule has 0 amide bonds. The van der Waals surface area contributed by atoms with Gasteiger partial charge in [0.05, 0.1) is 22.0 Å². The third-order valence-electron chi connectivity index (χ3n) is 3.26. The number of hydrogen-bond acceptors (Lipinski definition) is 5. The maximum Gasteiger partial charge on any atom is 0.262 e. The Kier molecular flexibility index (Phi) is 3.93. The topological polar surface area (TPSA) is 113 Å². The van der Waals surface area contributed by atoms with Crippen molar-refractivity contribution < 1.29 is 8.42 Å². The fourth-order valence-corrected chi connectivity index (χ4v) is 3.98. The summed E-state index contributed by atoms with van der Waals surface area (Å²) in [6.45, 7) is 6.97. The van der Waals surface area contributed by atoms with Crippen LogP contribution in [0, 0.1) is 27.7 Å². The van der Waals surface area contributed by atoms with E-state index in [1.807, 2.05) is 0 Å². The highest BCUT2D eigenvalue weighted by Gasteiger charge is 2.22. The van der Waals surface area contributed by atoms with Crippen LogP contribution in [0.4, 0.5) is 11.4 Å². The van der Waals surface area contributed by atoms with Gasteiger partial charge in [-0.3, -0.25) is 15.7 Å². The van der Waals surface area contributed by atoms with Crippen molar-refractivity contribution in [2.24, 2.45) is 5.84 Å². The molecule has 0 saturated heterocycles. The predicted molar refractivity (Wildman–Crippen MR) is 82.6 cm³/mol. The molecular weight excluding hydrogens is 290 g/mol. The number of rotatable bonds is 4. The van der Waals surface area contributed by atoms with Crippen LogP contribution in [0.25, 0.3) is 0 Å². The zero-order valence-electron chi connectivity index (χ0n) is 12.4. The third kappa shape index (κ3) is 2.86. The minimum Gasteiger partial charge on any atom is -0.324 e. The molecule has 0 fully saturated rings. The molecule has 0 aliphatic heterocycles. The van der Waals surface area contributed by atoms with E-state index >= 15 is 0 Å². The highest BCUT2D eigenvalue weighted by Crippen LogP contribution is 2.27. The molecule has 0 atom stereocenters. The van der Waals surface area contributed by atoms with Gasteiger partial charge in [-0.05, 0) is 51.0 Å². The van der Waals surface area contributed by atoms with Gasteiger partial charge in [0.1, 0.15) is 0 Å². The van der Waals surface area contributed by atoms with Crippen molar-refractivity contribution in [3.05, 3.63) is 34.6 Å². The number of anilines is 2. The molecule has 0 spiro atoms. The molecule has 1 aromatic heterocycles. The van der Waals surface area contributed by atoms with Crippen molar-refractivity contribution in [2.45, 2.75) is 32.6 Å². The minimum atomic E-state index is -3.69. The van der Waals surface area contributed by atoms with E-state index in [-0.39, 0.29) is 4.90 Å². The third-order valence-corrected chi connectivity index (χ3v) is 4.91. The molecule has 0 bridgehead atoms. The van der Waals surface area contributed by atoms with E-state index in [0.29, 0.717) is 33.9 Å². The lowest BCUT2D eigenvalue weighted by Gasteiger charge is -2.14. The second-order valence-electron chi connectivity index (χ2n) is 5.00. The number of aryl methyl sites for hydroxylation is 4. The van der Waals surface area contributed by atoms with E-state index in [0.717, 1.165) is 0 Å². The van der Waals surface area contributed by atoms with Gasteiger partial charge in [0.25, 0.3) is 10.0 Å². The summed E-state index contributed by atoms with van der Waals surface area (Å²) < 4.78 is 27.9. The van der Waals surface area contributed by atoms with Crippen molar-refractivity contribution in [1.82, 2.24) is 10.2 Å². The fraction of sp³-hybridized carbons (Fsp3) is 0.308. The molecule has 7 nitrogen and oxygen atoms in total. The van der Waals surface area contributed by atoms with Crippen LogP contribution in [0.3, 0.4) is 0 Å². The highest BCUT2D eigenvalue weighted by molar-refractivity contribution is 7.92. The summed E-state index contributed by atoms with van der Waals surface area (Å²) in [5.74, 6) is 5.37. The van der Waals surface area contributed by atoms with Crippen LogP contribution in [0.5, 0.6) is 0 Å². The average Bonchev–Trinajstić information content (AvgIpc) is 2.68. The highest BCUT2D eigenvalue weighted by atomic mass is 32.2. The van der Waals surface area contributed by atoms with Crippen molar-refractivity contribution >= 4 is 21.4 Å². The van der Waals surface area contributed by atoms with Crippen molar-refractivity contribution in [2.75, 3.05) is 10.1 Å². The molecule has 8 heteroatoms. The number of sulfonamides is 1. The molecule has 21 heavy (non-hydrogen) atoms. The molecule has 114 valence electrons. The van der Waals surface area contributed by atoms with E-state index in [1.54, 1.807) is 39.8 Å². The van der Waals surface area contributed by atoms with Crippen molar-refractivity contribution in [1.29, 1.82) is 0 Å². The normalized spacial score (nSPS) is 11.5. The van der Waals surface area contributed by atoms with Crippen LogP contribution in [-0.4, -0.2) is 18.6 Å². The number of hydrogen-bond donors (Lipinski definition) is 4. The first-order valence-corrected chi connectivity index (χ1v) is 7.87. The lowest BCUT2D eigenvalue weighted by molar-refractivity contribution is 0.600. The number of H-pyrrole nitrogens is 1. The van der Waals surface area contributed by atoms with Crippen LogP contribution in [-0.2, 0) is 10.0 Å². The molecular formula is C13H19N5O2S. The van der Waals surface area contributed by atoms with Gasteiger partial charge in [-0.2, -0.15) is 5.10 Å². The van der Waals surface area contributed by atoms with E-state index in [2.05, 4.69) is 20.3 Å². The second kappa shape index (κ2) is 5.38. The second-order valence-corrected chi connectivity index (χ2v) is 6.62. The van der Waals surface area contributed by atoms with Gasteiger partial charge in [-0.1, -0.05) is 0 Å². The summed E-state index contributed by atoms with van der Waals surface area (Å²) in [6.07, 6.45) is 0. The number of nitrogens with zero attached hydrogens (tertiary/aromatic N) is 1. The zero-order valence-corrected chi connectivity index (χ0v) is 13.2. The number of nitrogens with one attached hydrogen (secondary N) is 3. The quantitative estimate of drug-likeness (QED) is 0.507. The standard InChI is InChI=1S/C13H19N5O2S/c1-7-5-11(15-14)6-8(2)13(7)21(19,20)18-12-9(3)16-17-10(12)4/h5-6,15,18H,14H2,1-4H3,(H,16,17). The molecule has 0 radical (unpaired) electrons. The summed E-state index contributed by atoms with van der Waals surface area (Å²) in [5.41, 5.74) is 6.18. The van der Waals surface area contributed by atoms with Crippen LogP contribution in [0.1, 0.15) is 22.5 Å². The first-order chi connectivity index (χ1) is 9.76. The number of aromatic nitrogens is 2. The Morgan fingerprint density at radius 2 is 1.71 bits per heavy atom. The maximum absolute atomic E-state index is 12.6. The van der Waals surface area contributed by atoms with Gasteiger partial charge < -0.3 is 5.43 Å². The molecule has 0 aliphatic rings. The predicted octanol–water partition coefficient (Wildman–Crippen LogP) is 1.73. The van der Waals surface area contributed by atoms with Crippen molar-refractivity contribution in [3.63, 3.8) is 0 Å². The Morgan fingerprint density at radius 3 is 2.14 bits per heavy atom. The Hall–Kier alpha value is -2.06. The molecule has 1 heterocycles. The fourth-order valence-electron chi connectivity index (χ4n) is 2.34. The van der Waals surface area contributed by atoms with Crippen LogP contribution < -0.4 is 16.0 Å². The number of benzene rings is 1. The lowest BCUT2D eigenvalue weighted by atomic mass is 10.1. The van der Waals surface area contributed by atoms with Gasteiger partial charge in [0, 0.05) is 5.69 Å². The maximum atomic E-state index is 12.6. The summed E-state index contributed by atoms with van der Waals surface area (Å²) in [7, 11) is -3.69. The molecule has 0 aliphatic carbocycles. The SMILES string of the molecule is Cc1cc(NN)cc(C)c1S(=O)(=O)Nc1c(C)n[nH]c1C. The summed E-state index contributed by atoms with van der Waals surface area (Å²) >= 11 is 0. The minimum absolute atomic E-state index is 0.251. The summed E-state index contributed by atoms with van der Waals surface area (Å²) in [5, 5.41) is 6.74. The number of aromatic amines is 1. The van der Waals surface area contributed by atoms with Crippen LogP contribution >= 0.6 is 0 Å². The van der Waals surface area contributed by atoms with Gasteiger partial charge in [0.2, 0.25) is 0 Å². The van der Waals surface area contributed by atoms with E-state index in [1.165, 1.54) is 0 Å². The molecule has 0 unspecified atom stereocenters. The molecule has 0 saturated carbocycles. The van der Waals surface area contributed by atoms with Crippen LogP contribution in [0.2, 0.25) is 0 Å². The van der Waals surface area contributed by atoms with Gasteiger partial charge >= 0.3 is 0 Å². The number of nitrogen functional groups attached to an aromatic ring is 1. The Morgan fingerprint density at radius 1 is 1.14 bits per heavy atom. The monoisotopic (exact) mass is 309 g/mol. The Labute approximate surface area is 124 Å². The molecule has 2 aromatic rings. The first-order valence-electron chi connectivity index (χ1n) is 6.38.